The number of carbonyl (C=O) groups excluding carboxylic acids is 1. The number of hydrogen-bond acceptors (Lipinski definition) is 3. The van der Waals surface area contributed by atoms with Crippen LogP contribution in [-0.4, -0.2) is 39.2 Å². The first-order valence-corrected chi connectivity index (χ1v) is 5.72. The van der Waals surface area contributed by atoms with Gasteiger partial charge in [-0.25, -0.2) is 4.79 Å². The highest BCUT2D eigenvalue weighted by molar-refractivity contribution is 5.75. The lowest BCUT2D eigenvalue weighted by Crippen LogP contribution is -2.34. The van der Waals surface area contributed by atoms with Crippen molar-refractivity contribution in [3.8, 4) is 0 Å². The fourth-order valence-corrected chi connectivity index (χ4v) is 2.05. The SMILES string of the molecule is CN(C(=O)N=c1ccn(O)nc1)C1CCCC1. The van der Waals surface area contributed by atoms with E-state index in [-0.39, 0.29) is 6.03 Å². The molecule has 1 aliphatic rings. The Morgan fingerprint density at radius 3 is 2.88 bits per heavy atom. The monoisotopic (exact) mass is 236 g/mol. The minimum atomic E-state index is -0.255. The molecule has 0 spiro atoms. The lowest BCUT2D eigenvalue weighted by molar-refractivity contribution is 0.143. The highest BCUT2D eigenvalue weighted by Crippen LogP contribution is 2.22. The first-order valence-electron chi connectivity index (χ1n) is 5.72. The van der Waals surface area contributed by atoms with E-state index >= 15 is 0 Å². The molecule has 0 saturated heterocycles. The average Bonchev–Trinajstić information content (AvgIpc) is 2.84. The van der Waals surface area contributed by atoms with Crippen molar-refractivity contribution in [3.05, 3.63) is 23.8 Å². The van der Waals surface area contributed by atoms with Crippen LogP contribution in [0.15, 0.2) is 23.5 Å². The molecule has 6 heteroatoms. The molecule has 0 aliphatic heterocycles. The highest BCUT2D eigenvalue weighted by Gasteiger charge is 2.22. The predicted octanol–water partition coefficient (Wildman–Crippen LogP) is 1.02. The van der Waals surface area contributed by atoms with Gasteiger partial charge < -0.3 is 10.1 Å². The fourth-order valence-electron chi connectivity index (χ4n) is 2.05. The van der Waals surface area contributed by atoms with Crippen LogP contribution in [0.25, 0.3) is 0 Å². The van der Waals surface area contributed by atoms with Gasteiger partial charge in [0, 0.05) is 13.1 Å². The average molecular weight is 236 g/mol. The number of rotatable bonds is 1. The summed E-state index contributed by atoms with van der Waals surface area (Å²) in [6, 6.07) is 1.59. The van der Waals surface area contributed by atoms with Gasteiger partial charge in [-0.3, -0.25) is 0 Å². The Hall–Kier alpha value is -1.85. The summed E-state index contributed by atoms with van der Waals surface area (Å²) in [4.78, 5) is 18.1. The summed E-state index contributed by atoms with van der Waals surface area (Å²) in [6.45, 7) is 0. The molecular weight excluding hydrogens is 220 g/mol. The summed E-state index contributed by atoms with van der Waals surface area (Å²) < 4.78 is 0. The van der Waals surface area contributed by atoms with Gasteiger partial charge in [-0.05, 0) is 18.9 Å². The van der Waals surface area contributed by atoms with Crippen molar-refractivity contribution in [3.63, 3.8) is 0 Å². The van der Waals surface area contributed by atoms with Gasteiger partial charge in [0.2, 0.25) is 0 Å². The van der Waals surface area contributed by atoms with E-state index in [9.17, 15) is 4.79 Å². The van der Waals surface area contributed by atoms with Crippen LogP contribution in [0.3, 0.4) is 0 Å². The summed E-state index contributed by atoms with van der Waals surface area (Å²) in [5.74, 6) is 0. The standard InChI is InChI=1S/C11H16N4O2/c1-14(10-4-2-3-5-10)11(16)13-9-6-7-15(17)12-8-9/h6-8,10,17H,2-5H2,1H3. The van der Waals surface area contributed by atoms with Crippen LogP contribution in [0.1, 0.15) is 25.7 Å². The van der Waals surface area contributed by atoms with Crippen molar-refractivity contribution in [2.24, 2.45) is 4.99 Å². The van der Waals surface area contributed by atoms with E-state index in [1.165, 1.54) is 31.3 Å². The first-order chi connectivity index (χ1) is 8.16. The summed E-state index contributed by atoms with van der Waals surface area (Å²) in [6.07, 6.45) is 7.16. The van der Waals surface area contributed by atoms with Crippen molar-refractivity contribution in [2.75, 3.05) is 7.05 Å². The normalized spacial score (nSPS) is 17.4. The van der Waals surface area contributed by atoms with E-state index < -0.39 is 0 Å². The molecule has 0 atom stereocenters. The summed E-state index contributed by atoms with van der Waals surface area (Å²) >= 11 is 0. The molecule has 1 aromatic heterocycles. The van der Waals surface area contributed by atoms with E-state index in [0.717, 1.165) is 12.8 Å². The van der Waals surface area contributed by atoms with E-state index in [4.69, 9.17) is 5.21 Å². The second-order valence-electron chi connectivity index (χ2n) is 4.25. The molecule has 0 radical (unpaired) electrons. The molecule has 2 amide bonds. The van der Waals surface area contributed by atoms with Gasteiger partial charge in [0.1, 0.15) is 0 Å². The Bertz CT molecular complexity index is 442. The lowest BCUT2D eigenvalue weighted by atomic mass is 10.2. The third-order valence-corrected chi connectivity index (χ3v) is 3.09. The molecule has 0 bridgehead atoms. The number of carbonyl (C=O) groups is 1. The zero-order valence-corrected chi connectivity index (χ0v) is 9.78. The third-order valence-electron chi connectivity index (χ3n) is 3.09. The largest absolute Gasteiger partial charge is 0.412 e. The molecular formula is C11H16N4O2. The van der Waals surface area contributed by atoms with Gasteiger partial charge in [0.05, 0.1) is 17.8 Å². The van der Waals surface area contributed by atoms with Crippen molar-refractivity contribution >= 4 is 6.03 Å². The van der Waals surface area contributed by atoms with Crippen molar-refractivity contribution in [1.82, 2.24) is 14.8 Å². The number of amides is 2. The zero-order valence-electron chi connectivity index (χ0n) is 9.78. The summed E-state index contributed by atoms with van der Waals surface area (Å²) in [7, 11) is 1.78. The van der Waals surface area contributed by atoms with Gasteiger partial charge in [0.15, 0.2) is 0 Å². The van der Waals surface area contributed by atoms with E-state index in [0.29, 0.717) is 16.2 Å². The predicted molar refractivity (Wildman–Crippen MR) is 60.4 cm³/mol. The third kappa shape index (κ3) is 2.83. The second-order valence-corrected chi connectivity index (χ2v) is 4.25. The van der Waals surface area contributed by atoms with Crippen LogP contribution in [0.5, 0.6) is 0 Å². The molecule has 1 heterocycles. The molecule has 1 aromatic rings. The van der Waals surface area contributed by atoms with Crippen molar-refractivity contribution in [1.29, 1.82) is 0 Å². The molecule has 1 saturated carbocycles. The highest BCUT2D eigenvalue weighted by atomic mass is 16.5. The molecule has 17 heavy (non-hydrogen) atoms. The molecule has 1 aliphatic carbocycles. The van der Waals surface area contributed by atoms with Crippen molar-refractivity contribution < 1.29 is 10.0 Å². The van der Waals surface area contributed by atoms with Gasteiger partial charge in [-0.2, -0.15) is 4.99 Å². The Morgan fingerprint density at radius 1 is 1.59 bits per heavy atom. The zero-order chi connectivity index (χ0) is 12.3. The van der Waals surface area contributed by atoms with Crippen LogP contribution < -0.4 is 5.36 Å². The van der Waals surface area contributed by atoms with E-state index in [1.807, 2.05) is 0 Å². The van der Waals surface area contributed by atoms with Gasteiger partial charge in [-0.15, -0.1) is 9.94 Å². The first kappa shape index (κ1) is 11.6. The molecule has 6 nitrogen and oxygen atoms in total. The molecule has 0 aromatic carbocycles. The smallest absolute Gasteiger partial charge is 0.344 e. The second kappa shape index (κ2) is 4.99. The maximum atomic E-state index is 11.8. The lowest BCUT2D eigenvalue weighted by Gasteiger charge is -2.21. The molecule has 1 N–H and O–H groups in total. The fraction of sp³-hybridized carbons (Fsp3) is 0.545. The number of urea groups is 1. The Labute approximate surface area is 99.2 Å². The molecule has 92 valence electrons. The number of aromatic nitrogens is 2. The Kier molecular flexibility index (Phi) is 3.41. The molecule has 2 rings (SSSR count). The molecule has 1 fully saturated rings. The Morgan fingerprint density at radius 2 is 2.29 bits per heavy atom. The topological polar surface area (TPSA) is 70.7 Å². The minimum absolute atomic E-state index is 0.255. The van der Waals surface area contributed by atoms with Gasteiger partial charge in [0.25, 0.3) is 0 Å². The van der Waals surface area contributed by atoms with Gasteiger partial charge in [-0.1, -0.05) is 12.8 Å². The summed E-state index contributed by atoms with van der Waals surface area (Å²) in [5.41, 5.74) is 0. The summed E-state index contributed by atoms with van der Waals surface area (Å²) in [5, 5.41) is 13.0. The number of nitrogens with zero attached hydrogens (tertiary/aromatic N) is 4. The van der Waals surface area contributed by atoms with Crippen molar-refractivity contribution in [2.45, 2.75) is 31.7 Å². The van der Waals surface area contributed by atoms with E-state index in [1.54, 1.807) is 11.9 Å². The van der Waals surface area contributed by atoms with Crippen LogP contribution in [-0.2, 0) is 0 Å². The van der Waals surface area contributed by atoms with Crippen LogP contribution in [0.2, 0.25) is 0 Å². The van der Waals surface area contributed by atoms with Crippen LogP contribution in [0, 0.1) is 0 Å². The van der Waals surface area contributed by atoms with E-state index in [2.05, 4.69) is 10.1 Å². The van der Waals surface area contributed by atoms with Crippen LogP contribution in [0.4, 0.5) is 4.79 Å². The minimum Gasteiger partial charge on any atom is -0.412 e. The Balaban J connectivity index is 2.09. The maximum absolute atomic E-state index is 11.8. The maximum Gasteiger partial charge on any atom is 0.344 e. The van der Waals surface area contributed by atoms with Crippen LogP contribution >= 0.6 is 0 Å². The quantitative estimate of drug-likeness (QED) is 0.740. The number of hydrogen-bond donors (Lipinski definition) is 1. The van der Waals surface area contributed by atoms with Gasteiger partial charge >= 0.3 is 6.03 Å². The molecule has 0 unspecified atom stereocenters.